The molecule has 1 saturated heterocycles. The van der Waals surface area contributed by atoms with Crippen LogP contribution in [0.15, 0.2) is 79.5 Å². The van der Waals surface area contributed by atoms with Crippen molar-refractivity contribution in [1.29, 1.82) is 0 Å². The lowest BCUT2D eigenvalue weighted by molar-refractivity contribution is -0.659. The van der Waals surface area contributed by atoms with Gasteiger partial charge in [-0.25, -0.2) is 4.79 Å². The number of benzene rings is 2. The van der Waals surface area contributed by atoms with Crippen LogP contribution in [0.5, 0.6) is 0 Å². The van der Waals surface area contributed by atoms with Crippen LogP contribution < -0.4 is 4.68 Å². The van der Waals surface area contributed by atoms with Crippen LogP contribution in [0.25, 0.3) is 27.9 Å². The van der Waals surface area contributed by atoms with Crippen LogP contribution in [0.4, 0.5) is 0 Å². The zero-order chi connectivity index (χ0) is 30.2. The van der Waals surface area contributed by atoms with Crippen molar-refractivity contribution in [2.24, 2.45) is 11.8 Å². The standard InChI is InChI=1S/C32H29ClN8O3/c33-25-8-10-29(41-19-35-37-38-41)26(15-25)22-7-9-28(34-16-22)30(14-23-13-27(23)31(42)39-11-1-2-12-39)40-18-24(17-36-40)20-3-5-21(6-4-20)32(43)44/h3-10,15-19,23,27,30H,1-2,11-14H2,(H,43,44)/p+1/t23-,27+,30?/m0/s1. The zero-order valence-electron chi connectivity index (χ0n) is 23.8. The number of carboxylic acid groups (broad SMARTS) is 1. The monoisotopic (exact) mass is 609 g/mol. The van der Waals surface area contributed by atoms with Gasteiger partial charge in [-0.1, -0.05) is 35.0 Å². The Morgan fingerprint density at radius 2 is 1.82 bits per heavy atom. The number of aromatic nitrogens is 7. The number of H-pyrrole nitrogens is 1. The Hall–Kier alpha value is -4.90. The smallest absolute Gasteiger partial charge is 0.335 e. The Morgan fingerprint density at radius 1 is 1.02 bits per heavy atom. The summed E-state index contributed by atoms with van der Waals surface area (Å²) in [7, 11) is 0. The number of hydrogen-bond donors (Lipinski definition) is 2. The summed E-state index contributed by atoms with van der Waals surface area (Å²) < 4.78 is 3.62. The Kier molecular flexibility index (Phi) is 7.39. The van der Waals surface area contributed by atoms with Gasteiger partial charge in [0.1, 0.15) is 10.8 Å². The van der Waals surface area contributed by atoms with Crippen LogP contribution in [0.1, 0.15) is 47.8 Å². The van der Waals surface area contributed by atoms with Crippen molar-refractivity contribution >= 4 is 23.5 Å². The Balaban J connectivity index is 1.19. The number of nitrogens with zero attached hydrogens (tertiary/aromatic N) is 7. The van der Waals surface area contributed by atoms with Gasteiger partial charge in [-0.2, -0.15) is 5.10 Å². The first-order valence-electron chi connectivity index (χ1n) is 14.7. The highest BCUT2D eigenvalue weighted by atomic mass is 35.5. The molecular weight excluding hydrogens is 580 g/mol. The minimum Gasteiger partial charge on any atom is -0.478 e. The molecule has 0 spiro atoms. The fourth-order valence-corrected chi connectivity index (χ4v) is 6.27. The maximum Gasteiger partial charge on any atom is 0.335 e. The molecule has 1 amide bonds. The second kappa shape index (κ2) is 11.6. The van der Waals surface area contributed by atoms with Crippen molar-refractivity contribution in [2.45, 2.75) is 31.7 Å². The number of amides is 1. The van der Waals surface area contributed by atoms with E-state index in [1.807, 2.05) is 52.3 Å². The van der Waals surface area contributed by atoms with Crippen LogP contribution in [0, 0.1) is 11.8 Å². The van der Waals surface area contributed by atoms with Gasteiger partial charge in [0.2, 0.25) is 5.91 Å². The minimum atomic E-state index is -0.964. The summed E-state index contributed by atoms with van der Waals surface area (Å²) in [5.41, 5.74) is 5.39. The third-order valence-corrected chi connectivity index (χ3v) is 8.84. The Bertz CT molecular complexity index is 1800. The molecule has 1 aliphatic carbocycles. The van der Waals surface area contributed by atoms with E-state index in [1.165, 1.54) is 0 Å². The van der Waals surface area contributed by atoms with Gasteiger partial charge in [-0.05, 0) is 73.6 Å². The number of rotatable bonds is 9. The summed E-state index contributed by atoms with van der Waals surface area (Å²) >= 11 is 6.37. The molecule has 0 radical (unpaired) electrons. The molecule has 0 bridgehead atoms. The van der Waals surface area contributed by atoms with E-state index in [0.717, 1.165) is 72.4 Å². The van der Waals surface area contributed by atoms with Crippen LogP contribution in [0.2, 0.25) is 5.02 Å². The van der Waals surface area contributed by atoms with E-state index < -0.39 is 5.97 Å². The lowest BCUT2D eigenvalue weighted by Gasteiger charge is -2.19. The number of nitrogens with one attached hydrogen (secondary N) is 1. The van der Waals surface area contributed by atoms with Crippen LogP contribution >= 0.6 is 11.6 Å². The number of aromatic amines is 1. The summed E-state index contributed by atoms with van der Waals surface area (Å²) in [4.78, 5) is 31.3. The van der Waals surface area contributed by atoms with Crippen molar-refractivity contribution in [3.63, 3.8) is 0 Å². The number of hydrogen-bond acceptors (Lipinski definition) is 6. The van der Waals surface area contributed by atoms with Gasteiger partial charge in [0.15, 0.2) is 5.21 Å². The summed E-state index contributed by atoms with van der Waals surface area (Å²) in [5, 5.41) is 25.1. The lowest BCUT2D eigenvalue weighted by Crippen LogP contribution is -2.32. The second-order valence-electron chi connectivity index (χ2n) is 11.4. The van der Waals surface area contributed by atoms with Gasteiger partial charge in [0.25, 0.3) is 6.33 Å². The maximum atomic E-state index is 13.1. The number of carbonyl (C=O) groups excluding carboxylic acids is 1. The van der Waals surface area contributed by atoms with Crippen LogP contribution in [-0.4, -0.2) is 65.3 Å². The number of likely N-dealkylation sites (tertiary alicyclic amines) is 1. The molecule has 12 heteroatoms. The molecule has 2 aliphatic rings. The number of carboxylic acids is 1. The SMILES string of the molecule is O=C(O)c1ccc(-c2cnn(C(C[C@@H]3C[C@H]3C(=O)N3CCCC3)c3ccc(-c4cc(Cl)ccc4-[n+]4cnn[nH]4)cn3)c2)cc1. The topological polar surface area (TPSA) is 134 Å². The molecule has 3 atom stereocenters. The Labute approximate surface area is 258 Å². The number of tetrazole rings is 1. The van der Waals surface area contributed by atoms with Gasteiger partial charge >= 0.3 is 5.97 Å². The molecule has 2 aromatic carbocycles. The quantitative estimate of drug-likeness (QED) is 0.233. The Morgan fingerprint density at radius 3 is 2.52 bits per heavy atom. The maximum absolute atomic E-state index is 13.1. The molecule has 1 unspecified atom stereocenters. The van der Waals surface area contributed by atoms with Crippen molar-refractivity contribution in [3.05, 3.63) is 95.8 Å². The number of carbonyl (C=O) groups is 2. The highest BCUT2D eigenvalue weighted by molar-refractivity contribution is 6.31. The summed E-state index contributed by atoms with van der Waals surface area (Å²) in [6.45, 7) is 1.71. The molecule has 3 aromatic heterocycles. The number of halogens is 1. The lowest BCUT2D eigenvalue weighted by atomic mass is 10.0. The molecule has 2 N–H and O–H groups in total. The van der Waals surface area contributed by atoms with E-state index in [2.05, 4.69) is 15.5 Å². The highest BCUT2D eigenvalue weighted by Crippen LogP contribution is 2.47. The molecule has 11 nitrogen and oxygen atoms in total. The first-order chi connectivity index (χ1) is 21.4. The third-order valence-electron chi connectivity index (χ3n) is 8.60. The molecule has 5 aromatic rings. The summed E-state index contributed by atoms with van der Waals surface area (Å²) in [6, 6.07) is 16.2. The summed E-state index contributed by atoms with van der Waals surface area (Å²) in [6.07, 6.45) is 10.9. The van der Waals surface area contributed by atoms with Gasteiger partial charge in [-0.15, -0.1) is 4.68 Å². The molecule has 44 heavy (non-hydrogen) atoms. The van der Waals surface area contributed by atoms with E-state index >= 15 is 0 Å². The van der Waals surface area contributed by atoms with Crippen molar-refractivity contribution < 1.29 is 19.4 Å². The predicted octanol–water partition coefficient (Wildman–Crippen LogP) is 4.60. The molecule has 7 rings (SSSR count). The fraction of sp³-hybridized carbons (Fsp3) is 0.281. The average molecular weight is 610 g/mol. The fourth-order valence-electron chi connectivity index (χ4n) is 6.10. The molecule has 2 fully saturated rings. The van der Waals surface area contributed by atoms with Gasteiger partial charge in [0.05, 0.1) is 23.5 Å². The average Bonchev–Trinajstić information content (AvgIpc) is 3.53. The normalized spacial score (nSPS) is 18.3. The largest absolute Gasteiger partial charge is 0.478 e. The van der Waals surface area contributed by atoms with Crippen LogP contribution in [-0.2, 0) is 4.79 Å². The van der Waals surface area contributed by atoms with Gasteiger partial charge in [0, 0.05) is 53.1 Å². The minimum absolute atomic E-state index is 0.0440. The van der Waals surface area contributed by atoms with E-state index in [4.69, 9.17) is 21.7 Å². The van der Waals surface area contributed by atoms with Crippen molar-refractivity contribution in [2.75, 3.05) is 13.1 Å². The third kappa shape index (κ3) is 5.58. The molecule has 4 heterocycles. The summed E-state index contributed by atoms with van der Waals surface area (Å²) in [5.74, 6) is -0.397. The first kappa shape index (κ1) is 27.9. The molecule has 1 saturated carbocycles. The molecular formula is C32H30ClN8O3+. The second-order valence-corrected chi connectivity index (χ2v) is 11.8. The van der Waals surface area contributed by atoms with E-state index in [9.17, 15) is 14.7 Å². The van der Waals surface area contributed by atoms with E-state index in [1.54, 1.807) is 41.5 Å². The van der Waals surface area contributed by atoms with Gasteiger partial charge < -0.3 is 10.0 Å². The molecule has 1 aliphatic heterocycles. The number of aromatic carboxylic acids is 1. The zero-order valence-corrected chi connectivity index (χ0v) is 24.5. The van der Waals surface area contributed by atoms with Crippen LogP contribution in [0.3, 0.4) is 0 Å². The van der Waals surface area contributed by atoms with E-state index in [-0.39, 0.29) is 29.3 Å². The molecule has 222 valence electrons. The predicted molar refractivity (Wildman–Crippen MR) is 161 cm³/mol. The van der Waals surface area contributed by atoms with Crippen molar-refractivity contribution in [3.8, 4) is 27.9 Å². The van der Waals surface area contributed by atoms with Crippen molar-refractivity contribution in [1.82, 2.24) is 35.2 Å². The van der Waals surface area contributed by atoms with E-state index in [0.29, 0.717) is 5.02 Å². The number of pyridine rings is 1. The highest BCUT2D eigenvalue weighted by Gasteiger charge is 2.46. The van der Waals surface area contributed by atoms with Gasteiger partial charge in [-0.3, -0.25) is 14.5 Å². The first-order valence-corrected chi connectivity index (χ1v) is 15.0.